The summed E-state index contributed by atoms with van der Waals surface area (Å²) in [6, 6.07) is 6.93. The average molecular weight is 304 g/mol. The molecule has 1 aromatic rings. The van der Waals surface area contributed by atoms with Crippen LogP contribution in [0.1, 0.15) is 12.8 Å². The Kier molecular flexibility index (Phi) is 4.38. The molecule has 0 amide bonds. The van der Waals surface area contributed by atoms with Crippen LogP contribution in [0.4, 0.5) is 5.69 Å². The molecule has 6 heteroatoms. The molecule has 4 nitrogen and oxygen atoms in total. The molecule has 1 aliphatic heterocycles. The molecule has 0 atom stereocenters. The number of ether oxygens (including phenoxy) is 1. The number of benzene rings is 1. The Morgan fingerprint density at radius 3 is 2.53 bits per heavy atom. The number of sulfone groups is 1. The lowest BCUT2D eigenvalue weighted by Gasteiger charge is -2.37. The van der Waals surface area contributed by atoms with E-state index < -0.39 is 9.84 Å². The fraction of sp³-hybridized carbons (Fsp3) is 0.538. The summed E-state index contributed by atoms with van der Waals surface area (Å²) in [5.41, 5.74) is 0.327. The number of hydrogen-bond acceptors (Lipinski definition) is 4. The van der Waals surface area contributed by atoms with Crippen LogP contribution in [-0.2, 0) is 14.6 Å². The van der Waals surface area contributed by atoms with E-state index in [0.29, 0.717) is 29.7 Å². The third-order valence-corrected chi connectivity index (χ3v) is 5.06. The van der Waals surface area contributed by atoms with Crippen LogP contribution in [0.25, 0.3) is 0 Å². The van der Waals surface area contributed by atoms with Crippen LogP contribution < -0.4 is 5.32 Å². The van der Waals surface area contributed by atoms with Gasteiger partial charge in [0.25, 0.3) is 0 Å². The van der Waals surface area contributed by atoms with E-state index in [2.05, 4.69) is 5.32 Å². The van der Waals surface area contributed by atoms with Crippen LogP contribution in [0.15, 0.2) is 29.2 Å². The fourth-order valence-corrected chi connectivity index (χ4v) is 3.41. The van der Waals surface area contributed by atoms with Crippen molar-refractivity contribution in [3.8, 4) is 0 Å². The standard InChI is InChI=1S/C13H18ClNO3S/c1-19(16,17)12-5-3-2-4-11(12)15-13(10-14)6-8-18-9-7-13/h2-5,15H,6-10H2,1H3. The van der Waals surface area contributed by atoms with Gasteiger partial charge in [-0.15, -0.1) is 11.6 Å². The summed E-state index contributed by atoms with van der Waals surface area (Å²) < 4.78 is 28.9. The van der Waals surface area contributed by atoms with Crippen molar-refractivity contribution in [1.82, 2.24) is 0 Å². The van der Waals surface area contributed by atoms with Crippen molar-refractivity contribution in [3.63, 3.8) is 0 Å². The van der Waals surface area contributed by atoms with Crippen molar-refractivity contribution >= 4 is 27.1 Å². The number of nitrogens with one attached hydrogen (secondary N) is 1. The number of alkyl halides is 1. The monoisotopic (exact) mass is 303 g/mol. The smallest absolute Gasteiger partial charge is 0.177 e. The second-order valence-electron chi connectivity index (χ2n) is 4.92. The maximum Gasteiger partial charge on any atom is 0.177 e. The Bertz CT molecular complexity index is 539. The van der Waals surface area contributed by atoms with E-state index in [4.69, 9.17) is 16.3 Å². The van der Waals surface area contributed by atoms with Crippen molar-refractivity contribution in [2.24, 2.45) is 0 Å². The van der Waals surface area contributed by atoms with Gasteiger partial charge >= 0.3 is 0 Å². The predicted molar refractivity (Wildman–Crippen MR) is 76.7 cm³/mol. The minimum Gasteiger partial charge on any atom is -0.381 e. The van der Waals surface area contributed by atoms with Crippen LogP contribution >= 0.6 is 11.6 Å². The summed E-state index contributed by atoms with van der Waals surface area (Å²) in [5, 5.41) is 3.33. The molecule has 106 valence electrons. The highest BCUT2D eigenvalue weighted by Crippen LogP contribution is 2.30. The minimum atomic E-state index is -3.26. The van der Waals surface area contributed by atoms with Crippen LogP contribution in [0.5, 0.6) is 0 Å². The summed E-state index contributed by atoms with van der Waals surface area (Å²) in [4.78, 5) is 0.311. The summed E-state index contributed by atoms with van der Waals surface area (Å²) in [7, 11) is -3.26. The lowest BCUT2D eigenvalue weighted by molar-refractivity contribution is 0.0667. The zero-order chi connectivity index (χ0) is 13.9. The Hall–Kier alpha value is -0.780. The third kappa shape index (κ3) is 3.41. The summed E-state index contributed by atoms with van der Waals surface area (Å²) in [6.07, 6.45) is 2.76. The molecule has 0 unspecified atom stereocenters. The quantitative estimate of drug-likeness (QED) is 0.867. The Labute approximate surface area is 119 Å². The molecule has 0 spiro atoms. The molecule has 0 radical (unpaired) electrons. The minimum absolute atomic E-state index is 0.291. The van der Waals surface area contributed by atoms with Crippen molar-refractivity contribution in [2.75, 3.05) is 30.7 Å². The first-order valence-corrected chi connectivity index (χ1v) is 8.60. The lowest BCUT2D eigenvalue weighted by Crippen LogP contribution is -2.45. The molecule has 0 aliphatic carbocycles. The highest BCUT2D eigenvalue weighted by Gasteiger charge is 2.32. The summed E-state index contributed by atoms with van der Waals surface area (Å²) in [6.45, 7) is 1.28. The van der Waals surface area contributed by atoms with Gasteiger partial charge in [-0.3, -0.25) is 0 Å². The Morgan fingerprint density at radius 1 is 1.32 bits per heavy atom. The number of hydrogen-bond donors (Lipinski definition) is 1. The third-order valence-electron chi connectivity index (χ3n) is 3.39. The molecular weight excluding hydrogens is 286 g/mol. The van der Waals surface area contributed by atoms with Crippen molar-refractivity contribution < 1.29 is 13.2 Å². The van der Waals surface area contributed by atoms with Gasteiger partial charge in [0, 0.05) is 25.3 Å². The van der Waals surface area contributed by atoms with Gasteiger partial charge in [-0.05, 0) is 25.0 Å². The van der Waals surface area contributed by atoms with Gasteiger partial charge in [0.05, 0.1) is 16.1 Å². The molecule has 1 aliphatic rings. The fourth-order valence-electron chi connectivity index (χ4n) is 2.23. The Morgan fingerprint density at radius 2 is 1.95 bits per heavy atom. The first-order chi connectivity index (χ1) is 8.97. The molecule has 1 saturated heterocycles. The highest BCUT2D eigenvalue weighted by molar-refractivity contribution is 7.90. The SMILES string of the molecule is CS(=O)(=O)c1ccccc1NC1(CCl)CCOCC1. The number of para-hydroxylation sites is 1. The zero-order valence-electron chi connectivity index (χ0n) is 10.9. The first kappa shape index (κ1) is 14.6. The van der Waals surface area contributed by atoms with E-state index in [1.165, 1.54) is 6.26 Å². The summed E-state index contributed by atoms with van der Waals surface area (Å²) >= 11 is 6.09. The van der Waals surface area contributed by atoms with Gasteiger partial charge in [0.15, 0.2) is 9.84 Å². The van der Waals surface area contributed by atoms with E-state index in [1.807, 2.05) is 6.07 Å². The molecule has 1 fully saturated rings. The van der Waals surface area contributed by atoms with Gasteiger partial charge in [0.1, 0.15) is 0 Å². The molecule has 0 saturated carbocycles. The van der Waals surface area contributed by atoms with E-state index in [9.17, 15) is 8.42 Å². The summed E-state index contributed by atoms with van der Waals surface area (Å²) in [5.74, 6) is 0.425. The maximum atomic E-state index is 11.8. The van der Waals surface area contributed by atoms with E-state index in [0.717, 1.165) is 12.8 Å². The van der Waals surface area contributed by atoms with Gasteiger partial charge in [-0.25, -0.2) is 8.42 Å². The highest BCUT2D eigenvalue weighted by atomic mass is 35.5. The molecule has 0 aromatic heterocycles. The molecule has 0 bridgehead atoms. The van der Waals surface area contributed by atoms with E-state index in [-0.39, 0.29) is 5.54 Å². The number of anilines is 1. The van der Waals surface area contributed by atoms with Crippen LogP contribution in [0.2, 0.25) is 0 Å². The van der Waals surface area contributed by atoms with Crippen LogP contribution in [0.3, 0.4) is 0 Å². The molecule has 2 rings (SSSR count). The zero-order valence-corrected chi connectivity index (χ0v) is 12.4. The lowest BCUT2D eigenvalue weighted by atomic mass is 9.92. The van der Waals surface area contributed by atoms with Crippen molar-refractivity contribution in [1.29, 1.82) is 0 Å². The molecule has 1 aromatic carbocycles. The molecule has 19 heavy (non-hydrogen) atoms. The van der Waals surface area contributed by atoms with Crippen molar-refractivity contribution in [3.05, 3.63) is 24.3 Å². The maximum absolute atomic E-state index is 11.8. The number of halogens is 1. The van der Waals surface area contributed by atoms with E-state index >= 15 is 0 Å². The van der Waals surface area contributed by atoms with E-state index in [1.54, 1.807) is 18.2 Å². The van der Waals surface area contributed by atoms with Crippen molar-refractivity contribution in [2.45, 2.75) is 23.3 Å². The van der Waals surface area contributed by atoms with Gasteiger partial charge in [-0.1, -0.05) is 12.1 Å². The van der Waals surface area contributed by atoms with Gasteiger partial charge in [-0.2, -0.15) is 0 Å². The first-order valence-electron chi connectivity index (χ1n) is 6.18. The van der Waals surface area contributed by atoms with Crippen LogP contribution in [-0.4, -0.2) is 39.3 Å². The molecule has 1 N–H and O–H groups in total. The topological polar surface area (TPSA) is 55.4 Å². The van der Waals surface area contributed by atoms with Crippen LogP contribution in [0, 0.1) is 0 Å². The Balaban J connectivity index is 2.32. The largest absolute Gasteiger partial charge is 0.381 e. The second kappa shape index (κ2) is 5.69. The second-order valence-corrected chi connectivity index (χ2v) is 7.17. The van der Waals surface area contributed by atoms with Gasteiger partial charge in [0.2, 0.25) is 0 Å². The molecule has 1 heterocycles. The normalized spacial score (nSPS) is 19.1. The van der Waals surface area contributed by atoms with Gasteiger partial charge < -0.3 is 10.1 Å². The predicted octanol–water partition coefficient (Wildman–Crippen LogP) is 2.29. The average Bonchev–Trinajstić information content (AvgIpc) is 2.39. The number of rotatable bonds is 4. The molecular formula is C13H18ClNO3S.